The molecule has 7 heteroatoms. The lowest BCUT2D eigenvalue weighted by molar-refractivity contribution is 0.102. The summed E-state index contributed by atoms with van der Waals surface area (Å²) >= 11 is 1.39. The van der Waals surface area contributed by atoms with Crippen molar-refractivity contribution in [1.29, 1.82) is 0 Å². The first kappa shape index (κ1) is 13.3. The molecule has 0 saturated carbocycles. The molecule has 0 aliphatic carbocycles. The Labute approximate surface area is 114 Å². The molecule has 2 aromatic heterocycles. The number of aliphatic hydroxyl groups excluding tert-OH is 1. The molecule has 0 aromatic carbocycles. The standard InChI is InChI=1S/C12H12N4O2S/c1-16-12(13-8-14-16)15-11(18)9-6-10(19-7-9)4-2-3-5-17/h6-8,17H,3,5H2,1H3,(H,13,14,15,18). The molecule has 0 fully saturated rings. The van der Waals surface area contributed by atoms with Gasteiger partial charge in [0.2, 0.25) is 5.95 Å². The van der Waals surface area contributed by atoms with Gasteiger partial charge in [-0.2, -0.15) is 10.1 Å². The van der Waals surface area contributed by atoms with E-state index in [1.807, 2.05) is 0 Å². The summed E-state index contributed by atoms with van der Waals surface area (Å²) < 4.78 is 1.48. The molecular formula is C12H12N4O2S. The van der Waals surface area contributed by atoms with Gasteiger partial charge in [0.05, 0.1) is 17.0 Å². The number of nitrogens with zero attached hydrogens (tertiary/aromatic N) is 3. The second-order valence-corrected chi connectivity index (χ2v) is 4.55. The summed E-state index contributed by atoms with van der Waals surface area (Å²) in [6, 6.07) is 1.71. The maximum absolute atomic E-state index is 11.9. The van der Waals surface area contributed by atoms with Crippen molar-refractivity contribution in [3.05, 3.63) is 28.2 Å². The van der Waals surface area contributed by atoms with E-state index in [-0.39, 0.29) is 12.5 Å². The summed E-state index contributed by atoms with van der Waals surface area (Å²) in [6.07, 6.45) is 1.80. The lowest BCUT2D eigenvalue weighted by atomic mass is 10.3. The van der Waals surface area contributed by atoms with Gasteiger partial charge in [0.25, 0.3) is 5.91 Å². The Kier molecular flexibility index (Phi) is 4.28. The van der Waals surface area contributed by atoms with E-state index >= 15 is 0 Å². The number of aromatic nitrogens is 3. The molecule has 0 aliphatic heterocycles. The molecule has 0 saturated heterocycles. The molecule has 98 valence electrons. The third-order valence-corrected chi connectivity index (χ3v) is 3.09. The maximum Gasteiger partial charge on any atom is 0.258 e. The number of anilines is 1. The number of thiophene rings is 1. The van der Waals surface area contributed by atoms with Gasteiger partial charge < -0.3 is 5.11 Å². The zero-order chi connectivity index (χ0) is 13.7. The molecule has 1 amide bonds. The van der Waals surface area contributed by atoms with Crippen LogP contribution in [0.1, 0.15) is 21.7 Å². The normalized spacial score (nSPS) is 9.79. The highest BCUT2D eigenvalue weighted by Crippen LogP contribution is 2.14. The van der Waals surface area contributed by atoms with Crippen molar-refractivity contribution in [2.24, 2.45) is 7.05 Å². The molecule has 0 unspecified atom stereocenters. The Balaban J connectivity index is 2.05. The van der Waals surface area contributed by atoms with Crippen LogP contribution in [0.15, 0.2) is 17.8 Å². The zero-order valence-electron chi connectivity index (χ0n) is 10.3. The van der Waals surface area contributed by atoms with Crippen LogP contribution in [0.2, 0.25) is 0 Å². The van der Waals surface area contributed by atoms with Crippen LogP contribution >= 0.6 is 11.3 Å². The predicted molar refractivity (Wildman–Crippen MR) is 71.9 cm³/mol. The topological polar surface area (TPSA) is 80.0 Å². The number of carbonyl (C=O) groups excluding carboxylic acids is 1. The minimum atomic E-state index is -0.248. The number of hydrogen-bond acceptors (Lipinski definition) is 5. The van der Waals surface area contributed by atoms with Gasteiger partial charge in [-0.1, -0.05) is 11.8 Å². The predicted octanol–water partition coefficient (Wildman–Crippen LogP) is 0.863. The monoisotopic (exact) mass is 276 g/mol. The van der Waals surface area contributed by atoms with E-state index in [9.17, 15) is 4.79 Å². The average molecular weight is 276 g/mol. The van der Waals surface area contributed by atoms with Gasteiger partial charge in [0.15, 0.2) is 0 Å². The quantitative estimate of drug-likeness (QED) is 0.815. The molecular weight excluding hydrogens is 264 g/mol. The number of aryl methyl sites for hydroxylation is 1. The molecule has 2 rings (SSSR count). The van der Waals surface area contributed by atoms with E-state index in [1.54, 1.807) is 18.5 Å². The molecule has 2 N–H and O–H groups in total. The van der Waals surface area contributed by atoms with Crippen molar-refractivity contribution < 1.29 is 9.90 Å². The smallest absolute Gasteiger partial charge is 0.258 e. The highest BCUT2D eigenvalue weighted by atomic mass is 32.1. The van der Waals surface area contributed by atoms with Crippen LogP contribution in [0.3, 0.4) is 0 Å². The van der Waals surface area contributed by atoms with Gasteiger partial charge in [-0.3, -0.25) is 10.1 Å². The van der Waals surface area contributed by atoms with E-state index in [0.29, 0.717) is 17.9 Å². The van der Waals surface area contributed by atoms with Crippen molar-refractivity contribution >= 4 is 23.2 Å². The SMILES string of the molecule is Cn1ncnc1NC(=O)c1csc(C#CCCO)c1. The summed E-state index contributed by atoms with van der Waals surface area (Å²) in [7, 11) is 1.70. The summed E-state index contributed by atoms with van der Waals surface area (Å²) in [5.41, 5.74) is 0.529. The first-order chi connectivity index (χ1) is 9.20. The Bertz CT molecular complexity index is 635. The van der Waals surface area contributed by atoms with E-state index in [2.05, 4.69) is 27.2 Å². The number of nitrogens with one attached hydrogen (secondary N) is 1. The molecule has 6 nitrogen and oxygen atoms in total. The summed E-state index contributed by atoms with van der Waals surface area (Å²) in [5, 5.41) is 16.9. The van der Waals surface area contributed by atoms with Crippen molar-refractivity contribution in [1.82, 2.24) is 14.8 Å². The lowest BCUT2D eigenvalue weighted by Gasteiger charge is -2.00. The van der Waals surface area contributed by atoms with Crippen LogP contribution in [0.4, 0.5) is 5.95 Å². The van der Waals surface area contributed by atoms with Crippen molar-refractivity contribution in [2.45, 2.75) is 6.42 Å². The van der Waals surface area contributed by atoms with Gasteiger partial charge >= 0.3 is 0 Å². The average Bonchev–Trinajstić information content (AvgIpc) is 3.00. The van der Waals surface area contributed by atoms with Crippen molar-refractivity contribution in [2.75, 3.05) is 11.9 Å². The van der Waals surface area contributed by atoms with E-state index in [0.717, 1.165) is 4.88 Å². The highest BCUT2D eigenvalue weighted by Gasteiger charge is 2.10. The summed E-state index contributed by atoms with van der Waals surface area (Å²) in [4.78, 5) is 16.6. The second kappa shape index (κ2) is 6.13. The fourth-order valence-corrected chi connectivity index (χ4v) is 2.06. The first-order valence-electron chi connectivity index (χ1n) is 5.54. The number of aliphatic hydroxyl groups is 1. The van der Waals surface area contributed by atoms with Gasteiger partial charge in [-0.25, -0.2) is 4.68 Å². The Hall–Kier alpha value is -2.17. The Morgan fingerprint density at radius 2 is 2.47 bits per heavy atom. The summed E-state index contributed by atoms with van der Waals surface area (Å²) in [6.45, 7) is 0.0396. The largest absolute Gasteiger partial charge is 0.395 e. The third-order valence-electron chi connectivity index (χ3n) is 2.25. The van der Waals surface area contributed by atoms with Crippen LogP contribution in [0, 0.1) is 11.8 Å². The number of hydrogen-bond donors (Lipinski definition) is 2. The second-order valence-electron chi connectivity index (χ2n) is 3.64. The van der Waals surface area contributed by atoms with E-state index < -0.39 is 0 Å². The van der Waals surface area contributed by atoms with E-state index in [4.69, 9.17) is 5.11 Å². The molecule has 0 radical (unpaired) electrons. The summed E-state index contributed by atoms with van der Waals surface area (Å²) in [5.74, 6) is 5.84. The van der Waals surface area contributed by atoms with Crippen LogP contribution in [0.5, 0.6) is 0 Å². The van der Waals surface area contributed by atoms with Crippen molar-refractivity contribution in [3.63, 3.8) is 0 Å². The van der Waals surface area contributed by atoms with Crippen LogP contribution in [-0.4, -0.2) is 32.4 Å². The molecule has 19 heavy (non-hydrogen) atoms. The van der Waals surface area contributed by atoms with Crippen molar-refractivity contribution in [3.8, 4) is 11.8 Å². The fraction of sp³-hybridized carbons (Fsp3) is 0.250. The molecule has 0 bridgehead atoms. The maximum atomic E-state index is 11.9. The lowest BCUT2D eigenvalue weighted by Crippen LogP contribution is -2.14. The van der Waals surface area contributed by atoms with Crippen LogP contribution in [0.25, 0.3) is 0 Å². The molecule has 0 spiro atoms. The zero-order valence-corrected chi connectivity index (χ0v) is 11.1. The van der Waals surface area contributed by atoms with Gasteiger partial charge in [-0.05, 0) is 6.07 Å². The van der Waals surface area contributed by atoms with E-state index in [1.165, 1.54) is 22.3 Å². The molecule has 0 atom stereocenters. The number of carbonyl (C=O) groups is 1. The van der Waals surface area contributed by atoms with Crippen LogP contribution < -0.4 is 5.32 Å². The van der Waals surface area contributed by atoms with Gasteiger partial charge in [0, 0.05) is 18.8 Å². The minimum absolute atomic E-state index is 0.0396. The molecule has 2 heterocycles. The molecule has 2 aromatic rings. The molecule has 0 aliphatic rings. The van der Waals surface area contributed by atoms with Gasteiger partial charge in [0.1, 0.15) is 6.33 Å². The highest BCUT2D eigenvalue weighted by molar-refractivity contribution is 7.10. The first-order valence-corrected chi connectivity index (χ1v) is 6.42. The van der Waals surface area contributed by atoms with Crippen LogP contribution in [-0.2, 0) is 7.05 Å². The van der Waals surface area contributed by atoms with Gasteiger partial charge in [-0.15, -0.1) is 11.3 Å². The number of amides is 1. The number of rotatable bonds is 3. The minimum Gasteiger partial charge on any atom is -0.395 e. The Morgan fingerprint density at radius 3 is 3.16 bits per heavy atom. The Morgan fingerprint density at radius 1 is 1.63 bits per heavy atom. The third kappa shape index (κ3) is 3.40. The fourth-order valence-electron chi connectivity index (χ4n) is 1.31.